The molecule has 0 saturated carbocycles. The Morgan fingerprint density at radius 3 is 1.59 bits per heavy atom. The first kappa shape index (κ1) is 23.1. The summed E-state index contributed by atoms with van der Waals surface area (Å²) in [5.74, 6) is 2.31. The lowest BCUT2D eigenvalue weighted by Crippen LogP contribution is -2.08. The summed E-state index contributed by atoms with van der Waals surface area (Å²) in [6.07, 6.45) is -0.620. The lowest BCUT2D eigenvalue weighted by molar-refractivity contribution is -0.139. The van der Waals surface area contributed by atoms with Crippen LogP contribution in [0.1, 0.15) is 25.5 Å². The SMILES string of the molecule is COc1cc(-c2c(C3OC(=O)C(C)=C3C)cc(OC)c(OC)c2OC)cc(OC)c1OC. The van der Waals surface area contributed by atoms with Crippen LogP contribution in [-0.4, -0.2) is 48.6 Å². The average molecular weight is 444 g/mol. The van der Waals surface area contributed by atoms with Gasteiger partial charge in [-0.2, -0.15) is 0 Å². The van der Waals surface area contributed by atoms with Gasteiger partial charge >= 0.3 is 5.97 Å². The van der Waals surface area contributed by atoms with E-state index in [1.165, 1.54) is 28.4 Å². The first-order valence-corrected chi connectivity index (χ1v) is 9.88. The maximum atomic E-state index is 12.3. The first-order chi connectivity index (χ1) is 15.4. The zero-order valence-corrected chi connectivity index (χ0v) is 19.6. The van der Waals surface area contributed by atoms with E-state index in [-0.39, 0.29) is 5.97 Å². The molecule has 0 bridgehead atoms. The third-order valence-electron chi connectivity index (χ3n) is 5.61. The zero-order chi connectivity index (χ0) is 23.6. The highest BCUT2D eigenvalue weighted by molar-refractivity contribution is 5.93. The summed E-state index contributed by atoms with van der Waals surface area (Å²) in [5, 5.41) is 0. The van der Waals surface area contributed by atoms with Gasteiger partial charge in [0.15, 0.2) is 23.0 Å². The van der Waals surface area contributed by atoms with Gasteiger partial charge in [0, 0.05) is 16.7 Å². The number of carbonyl (C=O) groups is 1. The summed E-state index contributed by atoms with van der Waals surface area (Å²) in [7, 11) is 9.23. The molecule has 8 heteroatoms. The van der Waals surface area contributed by atoms with Crippen LogP contribution in [0, 0.1) is 0 Å². The van der Waals surface area contributed by atoms with Gasteiger partial charge in [-0.3, -0.25) is 0 Å². The molecule has 0 amide bonds. The van der Waals surface area contributed by atoms with Gasteiger partial charge in [0.2, 0.25) is 11.5 Å². The Kier molecular flexibility index (Phi) is 6.72. The average Bonchev–Trinajstić information content (AvgIpc) is 3.08. The van der Waals surface area contributed by atoms with Gasteiger partial charge in [0.1, 0.15) is 6.10 Å². The Labute approximate surface area is 187 Å². The van der Waals surface area contributed by atoms with Crippen molar-refractivity contribution < 1.29 is 38.0 Å². The predicted molar refractivity (Wildman–Crippen MR) is 118 cm³/mol. The smallest absolute Gasteiger partial charge is 0.334 e. The van der Waals surface area contributed by atoms with E-state index in [1.54, 1.807) is 39.3 Å². The van der Waals surface area contributed by atoms with E-state index >= 15 is 0 Å². The van der Waals surface area contributed by atoms with Gasteiger partial charge in [0.05, 0.1) is 42.7 Å². The number of methoxy groups -OCH3 is 6. The van der Waals surface area contributed by atoms with Crippen molar-refractivity contribution in [3.8, 4) is 45.6 Å². The van der Waals surface area contributed by atoms with Gasteiger partial charge in [-0.15, -0.1) is 0 Å². The van der Waals surface area contributed by atoms with Crippen LogP contribution < -0.4 is 28.4 Å². The minimum Gasteiger partial charge on any atom is -0.493 e. The normalized spacial score (nSPS) is 15.4. The van der Waals surface area contributed by atoms with E-state index in [9.17, 15) is 4.79 Å². The molecule has 0 N–H and O–H groups in total. The maximum absolute atomic E-state index is 12.3. The van der Waals surface area contributed by atoms with E-state index < -0.39 is 6.10 Å². The molecule has 8 nitrogen and oxygen atoms in total. The summed E-state index contributed by atoms with van der Waals surface area (Å²) in [5.41, 5.74) is 3.39. The van der Waals surface area contributed by atoms with E-state index in [2.05, 4.69) is 0 Å². The summed E-state index contributed by atoms with van der Waals surface area (Å²) >= 11 is 0. The fourth-order valence-electron chi connectivity index (χ4n) is 3.84. The van der Waals surface area contributed by atoms with Gasteiger partial charge in [0.25, 0.3) is 0 Å². The fraction of sp³-hybridized carbons (Fsp3) is 0.375. The third-order valence-corrected chi connectivity index (χ3v) is 5.61. The number of hydrogen-bond donors (Lipinski definition) is 0. The molecule has 0 spiro atoms. The van der Waals surface area contributed by atoms with Crippen molar-refractivity contribution >= 4 is 5.97 Å². The molecule has 0 aromatic heterocycles. The van der Waals surface area contributed by atoms with Crippen LogP contribution in [0.5, 0.6) is 34.5 Å². The minimum absolute atomic E-state index is 0.364. The number of hydrogen-bond acceptors (Lipinski definition) is 8. The number of carbonyl (C=O) groups excluding carboxylic acids is 1. The van der Waals surface area contributed by atoms with Crippen LogP contribution in [0.3, 0.4) is 0 Å². The number of ether oxygens (including phenoxy) is 7. The molecule has 1 heterocycles. The van der Waals surface area contributed by atoms with E-state index in [0.717, 1.165) is 5.57 Å². The Hall–Kier alpha value is -3.55. The highest BCUT2D eigenvalue weighted by Gasteiger charge is 2.35. The molecule has 3 rings (SSSR count). The second kappa shape index (κ2) is 9.30. The van der Waals surface area contributed by atoms with Crippen molar-refractivity contribution in [2.45, 2.75) is 20.0 Å². The largest absolute Gasteiger partial charge is 0.493 e. The highest BCUT2D eigenvalue weighted by atomic mass is 16.6. The zero-order valence-electron chi connectivity index (χ0n) is 19.6. The Balaban J connectivity index is 2.42. The molecule has 1 atom stereocenters. The maximum Gasteiger partial charge on any atom is 0.334 e. The van der Waals surface area contributed by atoms with E-state index in [1.807, 2.05) is 6.92 Å². The molecule has 172 valence electrons. The molecular weight excluding hydrogens is 416 g/mol. The molecule has 0 saturated heterocycles. The second-order valence-electron chi connectivity index (χ2n) is 7.12. The van der Waals surface area contributed by atoms with Crippen LogP contribution in [0.2, 0.25) is 0 Å². The molecule has 1 aliphatic rings. The first-order valence-electron chi connectivity index (χ1n) is 9.88. The van der Waals surface area contributed by atoms with Gasteiger partial charge in [-0.1, -0.05) is 0 Å². The van der Waals surface area contributed by atoms with Crippen LogP contribution in [0.15, 0.2) is 29.3 Å². The number of benzene rings is 2. The monoisotopic (exact) mass is 444 g/mol. The van der Waals surface area contributed by atoms with Gasteiger partial charge in [-0.05, 0) is 43.2 Å². The summed E-state index contributed by atoms with van der Waals surface area (Å²) < 4.78 is 39.2. The molecule has 2 aromatic rings. The number of rotatable bonds is 8. The summed E-state index contributed by atoms with van der Waals surface area (Å²) in [6.45, 7) is 3.61. The van der Waals surface area contributed by atoms with Crippen molar-refractivity contribution in [3.63, 3.8) is 0 Å². The van der Waals surface area contributed by atoms with E-state index in [4.69, 9.17) is 33.2 Å². The van der Waals surface area contributed by atoms with Crippen molar-refractivity contribution in [2.24, 2.45) is 0 Å². The van der Waals surface area contributed by atoms with E-state index in [0.29, 0.717) is 56.8 Å². The van der Waals surface area contributed by atoms with Crippen LogP contribution >= 0.6 is 0 Å². The lowest BCUT2D eigenvalue weighted by Gasteiger charge is -2.24. The van der Waals surface area contributed by atoms with Crippen LogP contribution in [-0.2, 0) is 9.53 Å². The van der Waals surface area contributed by atoms with Crippen molar-refractivity contribution in [2.75, 3.05) is 42.7 Å². The Morgan fingerprint density at radius 1 is 0.688 bits per heavy atom. The minimum atomic E-state index is -0.620. The molecule has 1 unspecified atom stereocenters. The highest BCUT2D eigenvalue weighted by Crippen LogP contribution is 2.53. The summed E-state index contributed by atoms with van der Waals surface area (Å²) in [6, 6.07) is 5.40. The third kappa shape index (κ3) is 3.66. The number of esters is 1. The van der Waals surface area contributed by atoms with Crippen molar-refractivity contribution in [3.05, 3.63) is 34.9 Å². The molecule has 1 aliphatic heterocycles. The van der Waals surface area contributed by atoms with Crippen LogP contribution in [0.25, 0.3) is 11.1 Å². The molecule has 0 fully saturated rings. The molecule has 0 aliphatic carbocycles. The molecular formula is C24H28O8. The molecule has 2 aromatic carbocycles. The lowest BCUT2D eigenvalue weighted by atomic mass is 9.90. The standard InChI is InChI=1S/C24H28O8/c1-12-13(2)24(25)32-20(12)15-11-18(28-5)22(30-7)23(31-8)19(15)14-9-16(26-3)21(29-6)17(10-14)27-4/h9-11,20H,1-8H3. The Bertz CT molecular complexity index is 1050. The summed E-state index contributed by atoms with van der Waals surface area (Å²) in [4.78, 5) is 12.3. The second-order valence-corrected chi connectivity index (χ2v) is 7.12. The fourth-order valence-corrected chi connectivity index (χ4v) is 3.84. The van der Waals surface area contributed by atoms with Crippen molar-refractivity contribution in [1.29, 1.82) is 0 Å². The molecule has 32 heavy (non-hydrogen) atoms. The predicted octanol–water partition coefficient (Wildman–Crippen LogP) is 4.34. The van der Waals surface area contributed by atoms with Gasteiger partial charge in [-0.25, -0.2) is 4.79 Å². The van der Waals surface area contributed by atoms with Crippen LogP contribution in [0.4, 0.5) is 0 Å². The Morgan fingerprint density at radius 2 is 1.19 bits per heavy atom. The topological polar surface area (TPSA) is 81.7 Å². The van der Waals surface area contributed by atoms with Crippen molar-refractivity contribution in [1.82, 2.24) is 0 Å². The van der Waals surface area contributed by atoms with Gasteiger partial charge < -0.3 is 33.2 Å². The molecule has 0 radical (unpaired) electrons. The quantitative estimate of drug-likeness (QED) is 0.556. The number of cyclic esters (lactones) is 1.